The molecule has 9 nitrogen and oxygen atoms in total. The molecule has 1 atom stereocenters. The zero-order valence-electron chi connectivity index (χ0n) is 16.0. The Morgan fingerprint density at radius 2 is 2.00 bits per heavy atom. The van der Waals surface area contributed by atoms with E-state index < -0.39 is 16.1 Å². The average Bonchev–Trinajstić information content (AvgIpc) is 3.08. The van der Waals surface area contributed by atoms with Crippen LogP contribution in [0.1, 0.15) is 12.5 Å². The second-order valence-corrected chi connectivity index (χ2v) is 8.64. The molecule has 2 aliphatic heterocycles. The standard InChI is InChI=1S/C18H25N3O6S/c1-13(22)21-16-4-3-15(28(24,25)20-6-9-27-10-7-20)11-14(16)12-17(21)18(23)19-5-8-26-2/h3-4,11,17H,5-10,12H2,1-2H3,(H,19,23)/t17-/m0/s1. The van der Waals surface area contributed by atoms with Crippen LogP contribution in [0.25, 0.3) is 0 Å². The second-order valence-electron chi connectivity index (χ2n) is 6.70. The highest BCUT2D eigenvalue weighted by Gasteiger charge is 2.38. The van der Waals surface area contributed by atoms with Crippen molar-refractivity contribution in [1.29, 1.82) is 0 Å². The van der Waals surface area contributed by atoms with E-state index >= 15 is 0 Å². The van der Waals surface area contributed by atoms with Crippen LogP contribution in [0, 0.1) is 0 Å². The minimum atomic E-state index is -3.64. The molecule has 0 aliphatic carbocycles. The number of carbonyl (C=O) groups excluding carboxylic acids is 2. The van der Waals surface area contributed by atoms with Crippen LogP contribution in [0.2, 0.25) is 0 Å². The normalized spacial score (nSPS) is 20.1. The van der Waals surface area contributed by atoms with E-state index in [0.29, 0.717) is 50.7 Å². The van der Waals surface area contributed by atoms with Gasteiger partial charge in [-0.15, -0.1) is 0 Å². The fourth-order valence-corrected chi connectivity index (χ4v) is 4.98. The first-order chi connectivity index (χ1) is 13.4. The third-order valence-electron chi connectivity index (χ3n) is 4.89. The average molecular weight is 411 g/mol. The number of nitrogens with zero attached hydrogens (tertiary/aromatic N) is 2. The number of methoxy groups -OCH3 is 1. The minimum absolute atomic E-state index is 0.164. The van der Waals surface area contributed by atoms with Gasteiger partial charge in [-0.1, -0.05) is 0 Å². The van der Waals surface area contributed by atoms with E-state index in [1.54, 1.807) is 12.1 Å². The molecular weight excluding hydrogens is 386 g/mol. The SMILES string of the molecule is COCCNC(=O)[C@@H]1Cc2cc(S(=O)(=O)N3CCOCC3)ccc2N1C(C)=O. The Kier molecular flexibility index (Phi) is 6.33. The van der Waals surface area contributed by atoms with Gasteiger partial charge in [-0.2, -0.15) is 4.31 Å². The summed E-state index contributed by atoms with van der Waals surface area (Å²) in [5, 5.41) is 2.74. The molecule has 1 aromatic carbocycles. The molecule has 2 aliphatic rings. The summed E-state index contributed by atoms with van der Waals surface area (Å²) in [5.41, 5.74) is 1.23. The molecule has 1 N–H and O–H groups in total. The summed E-state index contributed by atoms with van der Waals surface area (Å²) < 4.78 is 37.3. The number of amides is 2. The van der Waals surface area contributed by atoms with Crippen LogP contribution in [-0.2, 0) is 35.5 Å². The zero-order valence-corrected chi connectivity index (χ0v) is 16.8. The maximum Gasteiger partial charge on any atom is 0.243 e. The molecule has 0 spiro atoms. The molecule has 0 aromatic heterocycles. The topological polar surface area (TPSA) is 105 Å². The predicted octanol–water partition coefficient (Wildman–Crippen LogP) is -0.252. The number of anilines is 1. The smallest absolute Gasteiger partial charge is 0.243 e. The summed E-state index contributed by atoms with van der Waals surface area (Å²) >= 11 is 0. The quantitative estimate of drug-likeness (QED) is 0.647. The Hall–Kier alpha value is -2.01. The fraction of sp³-hybridized carbons (Fsp3) is 0.556. The largest absolute Gasteiger partial charge is 0.383 e. The molecular formula is C18H25N3O6S. The fourth-order valence-electron chi connectivity index (χ4n) is 3.52. The van der Waals surface area contributed by atoms with Crippen LogP contribution >= 0.6 is 0 Å². The summed E-state index contributed by atoms with van der Waals surface area (Å²) in [7, 11) is -2.11. The van der Waals surface area contributed by atoms with Crippen molar-refractivity contribution in [2.24, 2.45) is 0 Å². The number of ether oxygens (including phenoxy) is 2. The third kappa shape index (κ3) is 4.04. The Balaban J connectivity index is 1.86. The third-order valence-corrected chi connectivity index (χ3v) is 6.79. The first-order valence-corrected chi connectivity index (χ1v) is 10.6. The van der Waals surface area contributed by atoms with Crippen molar-refractivity contribution >= 4 is 27.5 Å². The minimum Gasteiger partial charge on any atom is -0.383 e. The van der Waals surface area contributed by atoms with Crippen molar-refractivity contribution in [3.05, 3.63) is 23.8 Å². The molecule has 0 bridgehead atoms. The van der Waals surface area contributed by atoms with Gasteiger partial charge in [-0.25, -0.2) is 8.42 Å². The van der Waals surface area contributed by atoms with Crippen molar-refractivity contribution in [3.8, 4) is 0 Å². The number of nitrogens with one attached hydrogen (secondary N) is 1. The highest BCUT2D eigenvalue weighted by Crippen LogP contribution is 2.35. The van der Waals surface area contributed by atoms with Gasteiger partial charge in [-0.05, 0) is 23.8 Å². The maximum absolute atomic E-state index is 12.9. The van der Waals surface area contributed by atoms with E-state index in [-0.39, 0.29) is 23.1 Å². The number of morpholine rings is 1. The van der Waals surface area contributed by atoms with E-state index in [2.05, 4.69) is 5.32 Å². The lowest BCUT2D eigenvalue weighted by Crippen LogP contribution is -2.48. The van der Waals surface area contributed by atoms with Crippen LogP contribution in [0.4, 0.5) is 5.69 Å². The number of hydrogen-bond acceptors (Lipinski definition) is 6. The first kappa shape index (κ1) is 20.7. The molecule has 2 heterocycles. The number of benzene rings is 1. The molecule has 1 fully saturated rings. The van der Waals surface area contributed by atoms with Gasteiger partial charge in [0.2, 0.25) is 21.8 Å². The van der Waals surface area contributed by atoms with Gasteiger partial charge in [0.05, 0.1) is 24.7 Å². The molecule has 0 saturated carbocycles. The second kappa shape index (κ2) is 8.56. The Morgan fingerprint density at radius 3 is 2.64 bits per heavy atom. The number of hydrogen-bond donors (Lipinski definition) is 1. The van der Waals surface area contributed by atoms with Crippen LogP contribution < -0.4 is 10.2 Å². The lowest BCUT2D eigenvalue weighted by molar-refractivity contribution is -0.125. The molecule has 0 unspecified atom stereocenters. The lowest BCUT2D eigenvalue weighted by atomic mass is 10.1. The van der Waals surface area contributed by atoms with Crippen molar-refractivity contribution in [2.45, 2.75) is 24.3 Å². The molecule has 154 valence electrons. The summed E-state index contributed by atoms with van der Waals surface area (Å²) in [6.07, 6.45) is 0.264. The number of sulfonamides is 1. The van der Waals surface area contributed by atoms with Gasteiger partial charge in [0.1, 0.15) is 6.04 Å². The number of carbonyl (C=O) groups is 2. The highest BCUT2D eigenvalue weighted by molar-refractivity contribution is 7.89. The van der Waals surface area contributed by atoms with Gasteiger partial charge in [0.15, 0.2) is 0 Å². The maximum atomic E-state index is 12.9. The summed E-state index contributed by atoms with van der Waals surface area (Å²) in [6, 6.07) is 3.96. The van der Waals surface area contributed by atoms with Gasteiger partial charge in [-0.3, -0.25) is 14.5 Å². The molecule has 2 amide bonds. The molecule has 10 heteroatoms. The van der Waals surface area contributed by atoms with Crippen LogP contribution in [0.3, 0.4) is 0 Å². The van der Waals surface area contributed by atoms with Crippen molar-refractivity contribution in [3.63, 3.8) is 0 Å². The Labute approximate surface area is 164 Å². The molecule has 1 saturated heterocycles. The number of rotatable bonds is 6. The predicted molar refractivity (Wildman–Crippen MR) is 102 cm³/mol. The summed E-state index contributed by atoms with van der Waals surface area (Å²) in [5.74, 6) is -0.560. The highest BCUT2D eigenvalue weighted by atomic mass is 32.2. The Bertz CT molecular complexity index is 851. The van der Waals surface area contributed by atoms with Crippen molar-refractivity contribution in [2.75, 3.05) is 51.5 Å². The van der Waals surface area contributed by atoms with Crippen LogP contribution in [-0.4, -0.2) is 77.1 Å². The van der Waals surface area contributed by atoms with Crippen molar-refractivity contribution in [1.82, 2.24) is 9.62 Å². The molecule has 0 radical (unpaired) electrons. The van der Waals surface area contributed by atoms with E-state index in [0.717, 1.165) is 0 Å². The van der Waals surface area contributed by atoms with E-state index in [9.17, 15) is 18.0 Å². The monoisotopic (exact) mass is 411 g/mol. The van der Waals surface area contributed by atoms with Gasteiger partial charge in [0.25, 0.3) is 0 Å². The molecule has 28 heavy (non-hydrogen) atoms. The van der Waals surface area contributed by atoms with Crippen LogP contribution in [0.5, 0.6) is 0 Å². The van der Waals surface area contributed by atoms with Crippen molar-refractivity contribution < 1.29 is 27.5 Å². The van der Waals surface area contributed by atoms with E-state index in [1.165, 1.54) is 29.3 Å². The number of fused-ring (bicyclic) bond motifs is 1. The lowest BCUT2D eigenvalue weighted by Gasteiger charge is -2.26. The zero-order chi connectivity index (χ0) is 20.3. The van der Waals surface area contributed by atoms with Gasteiger partial charge < -0.3 is 14.8 Å². The molecule has 3 rings (SSSR count). The Morgan fingerprint density at radius 1 is 1.29 bits per heavy atom. The van der Waals surface area contributed by atoms with Gasteiger partial charge >= 0.3 is 0 Å². The van der Waals surface area contributed by atoms with E-state index in [4.69, 9.17) is 9.47 Å². The van der Waals surface area contributed by atoms with Crippen LogP contribution in [0.15, 0.2) is 23.1 Å². The summed E-state index contributed by atoms with van der Waals surface area (Å²) in [6.45, 7) is 3.45. The first-order valence-electron chi connectivity index (χ1n) is 9.13. The molecule has 1 aromatic rings. The summed E-state index contributed by atoms with van der Waals surface area (Å²) in [4.78, 5) is 26.3. The van der Waals surface area contributed by atoms with E-state index in [1.807, 2.05) is 0 Å². The van der Waals surface area contributed by atoms with Gasteiger partial charge in [0, 0.05) is 45.8 Å².